The minimum Gasteiger partial charge on any atom is -0.335 e. The van der Waals surface area contributed by atoms with Crippen molar-refractivity contribution < 1.29 is 9.59 Å². The van der Waals surface area contributed by atoms with Gasteiger partial charge in [0.15, 0.2) is 0 Å². The van der Waals surface area contributed by atoms with Gasteiger partial charge in [-0.05, 0) is 105 Å². The SMILES string of the molecule is Cc1cc(Cl)ccc1C[C@@H](N)C(=O)N1C[C@H](CCCCNCCN)N(C(=O)[C@H](N)Cc2ccc(Cl)cc2C)C[C@H]1CC(C)C. The molecule has 4 atom stereocenters. The number of unbranched alkanes of at least 4 members (excludes halogenated alkanes) is 1. The van der Waals surface area contributed by atoms with E-state index < -0.39 is 12.1 Å². The van der Waals surface area contributed by atoms with E-state index in [0.717, 1.165) is 61.0 Å². The number of halogens is 2. The summed E-state index contributed by atoms with van der Waals surface area (Å²) in [5.74, 6) is 0.179. The van der Waals surface area contributed by atoms with Gasteiger partial charge in [-0.15, -0.1) is 0 Å². The van der Waals surface area contributed by atoms with Crippen LogP contribution in [0.15, 0.2) is 36.4 Å². The molecule has 2 amide bonds. The van der Waals surface area contributed by atoms with Crippen molar-refractivity contribution in [3.63, 3.8) is 0 Å². The number of nitrogens with zero attached hydrogens (tertiary/aromatic N) is 2. The van der Waals surface area contributed by atoms with Crippen LogP contribution in [0.5, 0.6) is 0 Å². The summed E-state index contributed by atoms with van der Waals surface area (Å²) >= 11 is 12.3. The fourth-order valence-electron chi connectivity index (χ4n) is 6.19. The number of aryl methyl sites for hydroxylation is 2. The van der Waals surface area contributed by atoms with Crippen LogP contribution >= 0.6 is 23.2 Å². The molecule has 0 bridgehead atoms. The first kappa shape index (κ1) is 36.3. The first-order valence-corrected chi connectivity index (χ1v) is 16.7. The van der Waals surface area contributed by atoms with Crippen molar-refractivity contribution >= 4 is 35.0 Å². The maximum Gasteiger partial charge on any atom is 0.240 e. The summed E-state index contributed by atoms with van der Waals surface area (Å²) in [5.41, 5.74) is 22.9. The van der Waals surface area contributed by atoms with Crippen LogP contribution < -0.4 is 22.5 Å². The van der Waals surface area contributed by atoms with Gasteiger partial charge in [-0.25, -0.2) is 0 Å². The minimum atomic E-state index is -0.694. The standard InChI is InChI=1S/C34H52Cl2N6O2/c1-22(2)15-30-21-41(33(43)31(38)18-25-8-10-27(35)16-23(25)3)29(7-5-6-13-40-14-12-37)20-42(30)34(44)32(39)19-26-9-11-28(36)17-24(26)4/h8-11,16-17,22,29-32,40H,5-7,12-15,18-21,37-39H2,1-4H3/t29-,30+,31+,32+/m0/s1. The predicted molar refractivity (Wildman–Crippen MR) is 182 cm³/mol. The van der Waals surface area contributed by atoms with Gasteiger partial charge in [-0.1, -0.05) is 55.6 Å². The lowest BCUT2D eigenvalue weighted by Crippen LogP contribution is -2.65. The second-order valence-corrected chi connectivity index (χ2v) is 13.6. The van der Waals surface area contributed by atoms with Gasteiger partial charge in [-0.3, -0.25) is 9.59 Å². The molecular weight excluding hydrogens is 595 g/mol. The molecule has 1 saturated heterocycles. The van der Waals surface area contributed by atoms with Gasteiger partial charge in [0.25, 0.3) is 0 Å². The lowest BCUT2D eigenvalue weighted by Gasteiger charge is -2.48. The van der Waals surface area contributed by atoms with Gasteiger partial charge < -0.3 is 32.3 Å². The first-order chi connectivity index (χ1) is 20.9. The van der Waals surface area contributed by atoms with Crippen molar-refractivity contribution in [3.05, 3.63) is 68.7 Å². The van der Waals surface area contributed by atoms with Crippen LogP contribution in [-0.4, -0.2) is 78.5 Å². The van der Waals surface area contributed by atoms with Crippen molar-refractivity contribution in [2.45, 2.75) is 90.4 Å². The third kappa shape index (κ3) is 10.4. The highest BCUT2D eigenvalue weighted by Gasteiger charge is 2.41. The molecule has 1 fully saturated rings. The molecule has 0 radical (unpaired) electrons. The van der Waals surface area contributed by atoms with Crippen molar-refractivity contribution in [2.75, 3.05) is 32.7 Å². The van der Waals surface area contributed by atoms with Crippen molar-refractivity contribution in [1.82, 2.24) is 15.1 Å². The number of amides is 2. The average Bonchev–Trinajstić information content (AvgIpc) is 2.97. The topological polar surface area (TPSA) is 131 Å². The Balaban J connectivity index is 1.82. The highest BCUT2D eigenvalue weighted by molar-refractivity contribution is 6.30. The Morgan fingerprint density at radius 2 is 1.34 bits per heavy atom. The van der Waals surface area contributed by atoms with E-state index in [4.69, 9.17) is 40.4 Å². The molecule has 1 aliphatic heterocycles. The Bertz CT molecular complexity index is 1240. The van der Waals surface area contributed by atoms with Gasteiger partial charge in [0.05, 0.1) is 12.1 Å². The molecule has 0 unspecified atom stereocenters. The Labute approximate surface area is 274 Å². The Hall–Kier alpha value is -2.20. The van der Waals surface area contributed by atoms with Crippen LogP contribution in [0.2, 0.25) is 10.0 Å². The van der Waals surface area contributed by atoms with Crippen LogP contribution in [0, 0.1) is 19.8 Å². The minimum absolute atomic E-state index is 0.0761. The molecule has 7 N–H and O–H groups in total. The average molecular weight is 648 g/mol. The molecule has 1 heterocycles. The molecule has 1 aliphatic rings. The van der Waals surface area contributed by atoms with Gasteiger partial charge in [0.2, 0.25) is 11.8 Å². The summed E-state index contributed by atoms with van der Waals surface area (Å²) < 4.78 is 0. The summed E-state index contributed by atoms with van der Waals surface area (Å²) in [6.07, 6.45) is 4.25. The number of rotatable bonds is 15. The van der Waals surface area contributed by atoms with E-state index in [9.17, 15) is 9.59 Å². The number of hydrogen-bond donors (Lipinski definition) is 4. The summed E-state index contributed by atoms with van der Waals surface area (Å²) in [7, 11) is 0. The number of benzene rings is 2. The fourth-order valence-corrected chi connectivity index (χ4v) is 6.64. The molecule has 2 aromatic rings. The zero-order valence-corrected chi connectivity index (χ0v) is 28.3. The smallest absolute Gasteiger partial charge is 0.240 e. The second-order valence-electron chi connectivity index (χ2n) is 12.7. The predicted octanol–water partition coefficient (Wildman–Crippen LogP) is 4.22. The van der Waals surface area contributed by atoms with Gasteiger partial charge in [-0.2, -0.15) is 0 Å². The van der Waals surface area contributed by atoms with Crippen LogP contribution in [0.1, 0.15) is 61.8 Å². The highest BCUT2D eigenvalue weighted by atomic mass is 35.5. The molecule has 0 aromatic heterocycles. The number of nitrogens with two attached hydrogens (primary N) is 3. The number of carbonyl (C=O) groups is 2. The third-order valence-electron chi connectivity index (χ3n) is 8.59. The monoisotopic (exact) mass is 646 g/mol. The van der Waals surface area contributed by atoms with Crippen LogP contribution in [0.4, 0.5) is 0 Å². The summed E-state index contributed by atoms with van der Waals surface area (Å²) in [6.45, 7) is 11.4. The van der Waals surface area contributed by atoms with Crippen LogP contribution in [0.3, 0.4) is 0 Å². The number of nitrogens with one attached hydrogen (secondary N) is 1. The normalized spacial score (nSPS) is 18.5. The first-order valence-electron chi connectivity index (χ1n) is 15.9. The van der Waals surface area contributed by atoms with E-state index in [1.165, 1.54) is 0 Å². The maximum absolute atomic E-state index is 14.0. The molecule has 0 saturated carbocycles. The van der Waals surface area contributed by atoms with E-state index in [0.29, 0.717) is 48.4 Å². The van der Waals surface area contributed by atoms with Crippen molar-refractivity contribution in [3.8, 4) is 0 Å². The number of hydrogen-bond acceptors (Lipinski definition) is 6. The largest absolute Gasteiger partial charge is 0.335 e. The molecule has 2 aromatic carbocycles. The summed E-state index contributed by atoms with van der Waals surface area (Å²) in [6, 6.07) is 9.67. The van der Waals surface area contributed by atoms with E-state index in [-0.39, 0.29) is 23.9 Å². The van der Waals surface area contributed by atoms with Crippen LogP contribution in [0.25, 0.3) is 0 Å². The van der Waals surface area contributed by atoms with Gasteiger partial charge in [0.1, 0.15) is 0 Å². The quantitative estimate of drug-likeness (QED) is 0.214. The molecule has 44 heavy (non-hydrogen) atoms. The lowest BCUT2D eigenvalue weighted by molar-refractivity contribution is -0.149. The summed E-state index contributed by atoms with van der Waals surface area (Å²) in [4.78, 5) is 31.9. The zero-order valence-electron chi connectivity index (χ0n) is 26.8. The third-order valence-corrected chi connectivity index (χ3v) is 9.06. The lowest BCUT2D eigenvalue weighted by atomic mass is 9.92. The molecule has 0 spiro atoms. The molecular formula is C34H52Cl2N6O2. The number of carbonyl (C=O) groups excluding carboxylic acids is 2. The van der Waals surface area contributed by atoms with Crippen LogP contribution in [-0.2, 0) is 22.4 Å². The van der Waals surface area contributed by atoms with E-state index in [1.807, 2.05) is 60.0 Å². The molecule has 244 valence electrons. The van der Waals surface area contributed by atoms with Gasteiger partial charge in [0, 0.05) is 48.3 Å². The Morgan fingerprint density at radius 3 is 1.82 bits per heavy atom. The summed E-state index contributed by atoms with van der Waals surface area (Å²) in [5, 5.41) is 4.66. The zero-order chi connectivity index (χ0) is 32.4. The van der Waals surface area contributed by atoms with E-state index in [1.54, 1.807) is 0 Å². The maximum atomic E-state index is 14.0. The number of piperazine rings is 1. The van der Waals surface area contributed by atoms with Gasteiger partial charge >= 0.3 is 0 Å². The fraction of sp³-hybridized carbons (Fsp3) is 0.588. The molecule has 10 heteroatoms. The second kappa shape index (κ2) is 17.5. The van der Waals surface area contributed by atoms with E-state index in [2.05, 4.69) is 19.2 Å². The van der Waals surface area contributed by atoms with Crippen molar-refractivity contribution in [2.24, 2.45) is 23.1 Å². The Kier molecular flexibility index (Phi) is 14.4. The molecule has 3 rings (SSSR count). The van der Waals surface area contributed by atoms with Crippen molar-refractivity contribution in [1.29, 1.82) is 0 Å². The molecule has 0 aliphatic carbocycles. The Morgan fingerprint density at radius 1 is 0.841 bits per heavy atom. The highest BCUT2D eigenvalue weighted by Crippen LogP contribution is 2.27. The molecule has 8 nitrogen and oxygen atoms in total. The van der Waals surface area contributed by atoms with E-state index >= 15 is 0 Å².